The Kier molecular flexibility index (Phi) is 4.17. The van der Waals surface area contributed by atoms with Crippen LogP contribution >= 0.6 is 23.2 Å². The average molecular weight is 288 g/mol. The van der Waals surface area contributed by atoms with Gasteiger partial charge in [-0.1, -0.05) is 23.2 Å². The molecule has 1 aromatic heterocycles. The molecule has 0 aliphatic carbocycles. The van der Waals surface area contributed by atoms with Crippen molar-refractivity contribution in [1.29, 1.82) is 0 Å². The lowest BCUT2D eigenvalue weighted by atomic mass is 9.99. The predicted octanol–water partition coefficient (Wildman–Crippen LogP) is 2.88. The standard InChI is InChI=1S/C13H19Cl2N3/c1-9-6-11(14)10(12(15)17-9)7-18-5-4-16-8-13(18,2)3/h6,16H,4-5,7-8H2,1-3H3. The zero-order valence-corrected chi connectivity index (χ0v) is 12.6. The van der Waals surface area contributed by atoms with Crippen molar-refractivity contribution >= 4 is 23.2 Å². The van der Waals surface area contributed by atoms with Crippen molar-refractivity contribution in [3.63, 3.8) is 0 Å². The molecule has 0 spiro atoms. The summed E-state index contributed by atoms with van der Waals surface area (Å²) in [6.45, 7) is 10.1. The van der Waals surface area contributed by atoms with Crippen LogP contribution in [-0.2, 0) is 6.54 Å². The van der Waals surface area contributed by atoms with E-state index in [1.807, 2.05) is 13.0 Å². The quantitative estimate of drug-likeness (QED) is 0.848. The molecule has 0 amide bonds. The molecule has 0 aromatic carbocycles. The first-order valence-electron chi connectivity index (χ1n) is 6.17. The van der Waals surface area contributed by atoms with Crippen molar-refractivity contribution in [3.8, 4) is 0 Å². The second-order valence-corrected chi connectivity index (χ2v) is 6.19. The molecular weight excluding hydrogens is 269 g/mol. The van der Waals surface area contributed by atoms with E-state index in [4.69, 9.17) is 23.2 Å². The third-order valence-electron chi connectivity index (χ3n) is 3.47. The first-order valence-corrected chi connectivity index (χ1v) is 6.93. The van der Waals surface area contributed by atoms with Crippen molar-refractivity contribution in [2.45, 2.75) is 32.9 Å². The molecule has 1 aliphatic heterocycles. The van der Waals surface area contributed by atoms with Gasteiger partial charge in [0.25, 0.3) is 0 Å². The second kappa shape index (κ2) is 5.33. The van der Waals surface area contributed by atoms with Crippen LogP contribution in [0.3, 0.4) is 0 Å². The van der Waals surface area contributed by atoms with Gasteiger partial charge in [0.15, 0.2) is 0 Å². The molecule has 0 radical (unpaired) electrons. The molecule has 5 heteroatoms. The Morgan fingerprint density at radius 2 is 2.17 bits per heavy atom. The number of pyridine rings is 1. The summed E-state index contributed by atoms with van der Waals surface area (Å²) < 4.78 is 0. The number of hydrogen-bond donors (Lipinski definition) is 1. The lowest BCUT2D eigenvalue weighted by Gasteiger charge is -2.43. The third kappa shape index (κ3) is 2.97. The minimum absolute atomic E-state index is 0.107. The maximum absolute atomic E-state index is 6.28. The van der Waals surface area contributed by atoms with Gasteiger partial charge in [-0.15, -0.1) is 0 Å². The lowest BCUT2D eigenvalue weighted by molar-refractivity contribution is 0.0827. The molecule has 0 unspecified atom stereocenters. The lowest BCUT2D eigenvalue weighted by Crippen LogP contribution is -2.57. The molecule has 0 saturated carbocycles. The molecule has 1 N–H and O–H groups in total. The zero-order chi connectivity index (χ0) is 13.3. The molecule has 1 aromatic rings. The van der Waals surface area contributed by atoms with Crippen LogP contribution in [0.1, 0.15) is 25.1 Å². The van der Waals surface area contributed by atoms with Crippen LogP contribution in [-0.4, -0.2) is 35.1 Å². The van der Waals surface area contributed by atoms with Gasteiger partial charge in [-0.2, -0.15) is 0 Å². The maximum atomic E-state index is 6.28. The first-order chi connectivity index (χ1) is 8.40. The summed E-state index contributed by atoms with van der Waals surface area (Å²) in [5.74, 6) is 0. The van der Waals surface area contributed by atoms with Crippen molar-refractivity contribution < 1.29 is 0 Å². The fourth-order valence-electron chi connectivity index (χ4n) is 2.27. The van der Waals surface area contributed by atoms with E-state index in [0.717, 1.165) is 37.4 Å². The molecular formula is C13H19Cl2N3. The van der Waals surface area contributed by atoms with E-state index in [1.165, 1.54) is 0 Å². The van der Waals surface area contributed by atoms with Crippen molar-refractivity contribution in [3.05, 3.63) is 27.5 Å². The fourth-order valence-corrected chi connectivity index (χ4v) is 2.92. The topological polar surface area (TPSA) is 28.2 Å². The summed E-state index contributed by atoms with van der Waals surface area (Å²) in [6, 6.07) is 1.87. The van der Waals surface area contributed by atoms with Gasteiger partial charge in [0.05, 0.1) is 0 Å². The van der Waals surface area contributed by atoms with Gasteiger partial charge in [0.2, 0.25) is 0 Å². The van der Waals surface area contributed by atoms with Crippen LogP contribution in [0.15, 0.2) is 6.07 Å². The number of aryl methyl sites for hydroxylation is 1. The molecule has 1 saturated heterocycles. The second-order valence-electron chi connectivity index (χ2n) is 5.43. The van der Waals surface area contributed by atoms with Gasteiger partial charge in [0, 0.05) is 48.0 Å². The van der Waals surface area contributed by atoms with E-state index >= 15 is 0 Å². The van der Waals surface area contributed by atoms with Crippen molar-refractivity contribution in [1.82, 2.24) is 15.2 Å². The van der Waals surface area contributed by atoms with E-state index in [0.29, 0.717) is 10.2 Å². The first kappa shape index (κ1) is 14.1. The van der Waals surface area contributed by atoms with Gasteiger partial charge in [-0.25, -0.2) is 4.98 Å². The van der Waals surface area contributed by atoms with E-state index in [2.05, 4.69) is 29.0 Å². The van der Waals surface area contributed by atoms with E-state index < -0.39 is 0 Å². The predicted molar refractivity (Wildman–Crippen MR) is 76.4 cm³/mol. The normalized spacial score (nSPS) is 20.1. The van der Waals surface area contributed by atoms with Crippen molar-refractivity contribution in [2.75, 3.05) is 19.6 Å². The highest BCUT2D eigenvalue weighted by Crippen LogP contribution is 2.28. The van der Waals surface area contributed by atoms with Gasteiger partial charge in [0.1, 0.15) is 5.15 Å². The third-order valence-corrected chi connectivity index (χ3v) is 4.12. The van der Waals surface area contributed by atoms with E-state index in [-0.39, 0.29) is 5.54 Å². The Morgan fingerprint density at radius 3 is 2.78 bits per heavy atom. The van der Waals surface area contributed by atoms with Crippen LogP contribution in [0.2, 0.25) is 10.2 Å². The average Bonchev–Trinajstić information content (AvgIpc) is 2.24. The highest BCUT2D eigenvalue weighted by molar-refractivity contribution is 6.35. The van der Waals surface area contributed by atoms with Gasteiger partial charge < -0.3 is 5.32 Å². The number of nitrogens with zero attached hydrogens (tertiary/aromatic N) is 2. The van der Waals surface area contributed by atoms with Crippen LogP contribution in [0.5, 0.6) is 0 Å². The van der Waals surface area contributed by atoms with Crippen LogP contribution < -0.4 is 5.32 Å². The fraction of sp³-hybridized carbons (Fsp3) is 0.615. The monoisotopic (exact) mass is 287 g/mol. The summed E-state index contributed by atoms with van der Waals surface area (Å²) in [5.41, 5.74) is 1.89. The van der Waals surface area contributed by atoms with Gasteiger partial charge in [-0.05, 0) is 26.8 Å². The Balaban J connectivity index is 2.23. The molecule has 0 atom stereocenters. The number of aromatic nitrogens is 1. The Hall–Kier alpha value is -0.350. The summed E-state index contributed by atoms with van der Waals surface area (Å²) in [4.78, 5) is 6.68. The minimum atomic E-state index is 0.107. The molecule has 1 aliphatic rings. The number of hydrogen-bond acceptors (Lipinski definition) is 3. The summed E-state index contributed by atoms with van der Waals surface area (Å²) in [7, 11) is 0. The van der Waals surface area contributed by atoms with Crippen LogP contribution in [0.4, 0.5) is 0 Å². The van der Waals surface area contributed by atoms with Gasteiger partial charge >= 0.3 is 0 Å². The number of nitrogens with one attached hydrogen (secondary N) is 1. The maximum Gasteiger partial charge on any atom is 0.135 e. The van der Waals surface area contributed by atoms with Crippen molar-refractivity contribution in [2.24, 2.45) is 0 Å². The summed E-state index contributed by atoms with van der Waals surface area (Å²) >= 11 is 12.5. The highest BCUT2D eigenvalue weighted by Gasteiger charge is 2.30. The highest BCUT2D eigenvalue weighted by atomic mass is 35.5. The van der Waals surface area contributed by atoms with Crippen LogP contribution in [0.25, 0.3) is 0 Å². The summed E-state index contributed by atoms with van der Waals surface area (Å²) in [6.07, 6.45) is 0. The number of piperazine rings is 1. The summed E-state index contributed by atoms with van der Waals surface area (Å²) in [5, 5.41) is 4.64. The van der Waals surface area contributed by atoms with E-state index in [9.17, 15) is 0 Å². The molecule has 18 heavy (non-hydrogen) atoms. The molecule has 1 fully saturated rings. The Bertz CT molecular complexity index is 423. The Morgan fingerprint density at radius 1 is 1.44 bits per heavy atom. The number of rotatable bonds is 2. The number of halogens is 2. The molecule has 3 nitrogen and oxygen atoms in total. The van der Waals surface area contributed by atoms with Gasteiger partial charge in [-0.3, -0.25) is 4.90 Å². The largest absolute Gasteiger partial charge is 0.314 e. The smallest absolute Gasteiger partial charge is 0.135 e. The Labute approximate surface area is 118 Å². The van der Waals surface area contributed by atoms with Crippen LogP contribution in [0, 0.1) is 6.92 Å². The van der Waals surface area contributed by atoms with E-state index in [1.54, 1.807) is 0 Å². The molecule has 2 heterocycles. The zero-order valence-electron chi connectivity index (χ0n) is 11.1. The molecule has 2 rings (SSSR count). The molecule has 0 bridgehead atoms. The SMILES string of the molecule is Cc1cc(Cl)c(CN2CCNCC2(C)C)c(Cl)n1. The minimum Gasteiger partial charge on any atom is -0.314 e. The molecule has 100 valence electrons.